The molecule has 0 aliphatic heterocycles. The molecular formula is C34H28O2. The fraction of sp³-hybridized carbons (Fsp3) is 0.294. The Morgan fingerprint density at radius 1 is 0.556 bits per heavy atom. The van der Waals surface area contributed by atoms with Gasteiger partial charge in [0.25, 0.3) is 0 Å². The molecule has 5 aliphatic rings. The second kappa shape index (κ2) is 6.62. The first-order valence-electron chi connectivity index (χ1n) is 13.2. The van der Waals surface area contributed by atoms with E-state index in [4.69, 9.17) is 0 Å². The third-order valence-corrected chi connectivity index (χ3v) is 9.80. The number of rotatable bonds is 0. The zero-order valence-corrected chi connectivity index (χ0v) is 21.1. The van der Waals surface area contributed by atoms with E-state index in [1.165, 1.54) is 55.3 Å². The lowest BCUT2D eigenvalue weighted by molar-refractivity contribution is -0.130. The first-order chi connectivity index (χ1) is 17.4. The van der Waals surface area contributed by atoms with Gasteiger partial charge in [0.05, 0.1) is 0 Å². The fourth-order valence-electron chi connectivity index (χ4n) is 8.74. The van der Waals surface area contributed by atoms with E-state index in [-0.39, 0.29) is 47.1 Å². The molecule has 1 fully saturated rings. The van der Waals surface area contributed by atoms with E-state index in [2.05, 4.69) is 88.4 Å². The molecule has 1 saturated carbocycles. The van der Waals surface area contributed by atoms with E-state index in [1.807, 2.05) is 0 Å². The Balaban J connectivity index is 1.38. The topological polar surface area (TPSA) is 34.1 Å². The van der Waals surface area contributed by atoms with Gasteiger partial charge in [0.15, 0.2) is 11.6 Å². The standard InChI is InChI=1S/C34H28O2/c1-15(2)23-25-19-11-7-8-12-20(19)26(23)30-29(25)33(35)31-27-21-13-17-9-5-6-10-18(17)14-22(21)28(24(27)16(3)4)32(31)34(30)36/h5-14,25-30H,1-4H3. The normalized spacial score (nSPS) is 30.7. The molecule has 3 aromatic rings. The molecule has 0 heterocycles. The molecule has 0 N–H and O–H groups in total. The first kappa shape index (κ1) is 20.7. The molecule has 6 atom stereocenters. The lowest BCUT2D eigenvalue weighted by atomic mass is 9.63. The molecule has 0 aromatic heterocycles. The lowest BCUT2D eigenvalue weighted by Crippen LogP contribution is -2.41. The summed E-state index contributed by atoms with van der Waals surface area (Å²) >= 11 is 0. The van der Waals surface area contributed by atoms with Gasteiger partial charge >= 0.3 is 0 Å². The molecule has 5 aliphatic carbocycles. The third-order valence-electron chi connectivity index (χ3n) is 9.80. The Hall–Kier alpha value is -3.52. The van der Waals surface area contributed by atoms with Gasteiger partial charge in [-0.3, -0.25) is 9.59 Å². The van der Waals surface area contributed by atoms with Crippen molar-refractivity contribution in [3.63, 3.8) is 0 Å². The van der Waals surface area contributed by atoms with Crippen LogP contribution < -0.4 is 0 Å². The van der Waals surface area contributed by atoms with Gasteiger partial charge in [-0.2, -0.15) is 0 Å². The van der Waals surface area contributed by atoms with Crippen molar-refractivity contribution in [1.82, 2.24) is 0 Å². The SMILES string of the molecule is CC(C)=C1C2C3=C(C(=O)C4C5C(=C(C)C)C(c6ccccc65)C4C3=O)C1c1cc3ccccc3cc12. The van der Waals surface area contributed by atoms with Gasteiger partial charge in [-0.1, -0.05) is 65.3 Å². The number of carbonyl (C=O) groups excluding carboxylic acids is 2. The minimum atomic E-state index is -0.261. The number of hydrogen-bond acceptors (Lipinski definition) is 2. The largest absolute Gasteiger partial charge is 0.294 e. The van der Waals surface area contributed by atoms with Gasteiger partial charge in [0.1, 0.15) is 0 Å². The van der Waals surface area contributed by atoms with Crippen LogP contribution in [0, 0.1) is 11.8 Å². The highest BCUT2D eigenvalue weighted by Gasteiger charge is 2.66. The second-order valence-electron chi connectivity index (χ2n) is 11.8. The molecular weight excluding hydrogens is 440 g/mol. The van der Waals surface area contributed by atoms with E-state index < -0.39 is 0 Å². The van der Waals surface area contributed by atoms with Gasteiger partial charge in [-0.15, -0.1) is 0 Å². The summed E-state index contributed by atoms with van der Waals surface area (Å²) in [5, 5.41) is 2.40. The molecule has 2 heteroatoms. The molecule has 3 aromatic carbocycles. The van der Waals surface area contributed by atoms with Gasteiger partial charge < -0.3 is 0 Å². The molecule has 0 amide bonds. The van der Waals surface area contributed by atoms with Gasteiger partial charge in [0, 0.05) is 46.7 Å². The van der Waals surface area contributed by atoms with E-state index in [1.54, 1.807) is 0 Å². The number of benzene rings is 3. The van der Waals surface area contributed by atoms with E-state index in [0.717, 1.165) is 11.1 Å². The van der Waals surface area contributed by atoms with E-state index in [0.29, 0.717) is 0 Å². The maximum Gasteiger partial charge on any atom is 0.165 e. The Labute approximate surface area is 211 Å². The molecule has 0 spiro atoms. The van der Waals surface area contributed by atoms with Crippen molar-refractivity contribution in [2.45, 2.75) is 51.4 Å². The summed E-state index contributed by atoms with van der Waals surface area (Å²) in [6.07, 6.45) is 0. The molecule has 2 nitrogen and oxygen atoms in total. The molecule has 0 radical (unpaired) electrons. The summed E-state index contributed by atoms with van der Waals surface area (Å²) in [5.41, 5.74) is 11.8. The van der Waals surface area contributed by atoms with Crippen molar-refractivity contribution < 1.29 is 9.59 Å². The van der Waals surface area contributed by atoms with Crippen LogP contribution in [0.15, 0.2) is 94.1 Å². The summed E-state index contributed by atoms with van der Waals surface area (Å²) in [6.45, 7) is 8.61. The summed E-state index contributed by atoms with van der Waals surface area (Å²) in [5.74, 6) is -0.117. The maximum atomic E-state index is 14.6. The predicted molar refractivity (Wildman–Crippen MR) is 142 cm³/mol. The van der Waals surface area contributed by atoms with Crippen molar-refractivity contribution >= 4 is 22.3 Å². The Morgan fingerprint density at radius 2 is 0.972 bits per heavy atom. The average molecular weight is 469 g/mol. The van der Waals surface area contributed by atoms with Crippen LogP contribution >= 0.6 is 0 Å². The van der Waals surface area contributed by atoms with Crippen LogP contribution in [0.1, 0.15) is 73.6 Å². The number of fused-ring (bicyclic) bond motifs is 16. The molecule has 36 heavy (non-hydrogen) atoms. The summed E-state index contributed by atoms with van der Waals surface area (Å²) in [7, 11) is 0. The van der Waals surface area contributed by atoms with Crippen LogP contribution in [-0.4, -0.2) is 11.6 Å². The highest BCUT2D eigenvalue weighted by Crippen LogP contribution is 2.71. The third kappa shape index (κ3) is 2.17. The van der Waals surface area contributed by atoms with Crippen LogP contribution in [0.3, 0.4) is 0 Å². The Morgan fingerprint density at radius 3 is 1.39 bits per heavy atom. The minimum absolute atomic E-state index is 0.0389. The van der Waals surface area contributed by atoms with Crippen LogP contribution in [-0.2, 0) is 9.59 Å². The van der Waals surface area contributed by atoms with Crippen molar-refractivity contribution in [1.29, 1.82) is 0 Å². The van der Waals surface area contributed by atoms with E-state index >= 15 is 0 Å². The highest BCUT2D eigenvalue weighted by atomic mass is 16.1. The number of Topliss-reactive ketones (excluding diaryl/α,β-unsaturated/α-hetero) is 2. The number of hydrogen-bond donors (Lipinski definition) is 0. The zero-order chi connectivity index (χ0) is 24.6. The summed E-state index contributed by atoms with van der Waals surface area (Å²) in [4.78, 5) is 29.2. The quantitative estimate of drug-likeness (QED) is 0.325. The summed E-state index contributed by atoms with van der Waals surface area (Å²) in [6, 6.07) is 21.5. The first-order valence-corrected chi connectivity index (χ1v) is 13.2. The lowest BCUT2D eigenvalue weighted by Gasteiger charge is -2.37. The average Bonchev–Trinajstić information content (AvgIpc) is 3.59. The van der Waals surface area contributed by atoms with Crippen LogP contribution in [0.2, 0.25) is 0 Å². The van der Waals surface area contributed by atoms with Crippen molar-refractivity contribution in [3.8, 4) is 0 Å². The smallest absolute Gasteiger partial charge is 0.165 e. The number of ketones is 2. The van der Waals surface area contributed by atoms with Crippen molar-refractivity contribution in [3.05, 3.63) is 116 Å². The van der Waals surface area contributed by atoms with Crippen LogP contribution in [0.5, 0.6) is 0 Å². The molecule has 176 valence electrons. The van der Waals surface area contributed by atoms with Gasteiger partial charge in [-0.25, -0.2) is 0 Å². The molecule has 8 rings (SSSR count). The van der Waals surface area contributed by atoms with Crippen molar-refractivity contribution in [2.75, 3.05) is 0 Å². The van der Waals surface area contributed by atoms with Gasteiger partial charge in [0.2, 0.25) is 0 Å². The van der Waals surface area contributed by atoms with Gasteiger partial charge in [-0.05, 0) is 78.4 Å². The zero-order valence-electron chi connectivity index (χ0n) is 21.1. The Bertz CT molecular complexity index is 1580. The van der Waals surface area contributed by atoms with Crippen LogP contribution in [0.4, 0.5) is 0 Å². The van der Waals surface area contributed by atoms with Crippen molar-refractivity contribution in [2.24, 2.45) is 11.8 Å². The highest BCUT2D eigenvalue weighted by molar-refractivity contribution is 6.20. The monoisotopic (exact) mass is 468 g/mol. The predicted octanol–water partition coefficient (Wildman–Crippen LogP) is 7.28. The summed E-state index contributed by atoms with van der Waals surface area (Å²) < 4.78 is 0. The molecule has 6 unspecified atom stereocenters. The number of carbonyl (C=O) groups is 2. The number of allylic oxidation sites excluding steroid dienone is 6. The second-order valence-corrected chi connectivity index (χ2v) is 11.8. The van der Waals surface area contributed by atoms with E-state index in [9.17, 15) is 9.59 Å². The molecule has 0 saturated heterocycles. The fourth-order valence-corrected chi connectivity index (χ4v) is 8.74. The minimum Gasteiger partial charge on any atom is -0.294 e. The molecule has 4 bridgehead atoms. The van der Waals surface area contributed by atoms with Crippen LogP contribution in [0.25, 0.3) is 10.8 Å². The maximum absolute atomic E-state index is 14.6. The Kier molecular flexibility index (Phi) is 3.80.